The third-order valence-electron chi connectivity index (χ3n) is 3.08. The summed E-state index contributed by atoms with van der Waals surface area (Å²) >= 11 is 5.21. The summed E-state index contributed by atoms with van der Waals surface area (Å²) in [5.74, 6) is 5.62. The van der Waals surface area contributed by atoms with Gasteiger partial charge in [0, 0.05) is 26.4 Å². The minimum atomic E-state index is -0.302. The van der Waals surface area contributed by atoms with Crippen LogP contribution in [0.5, 0.6) is 0 Å². The van der Waals surface area contributed by atoms with E-state index in [1.807, 2.05) is 25.1 Å². The second-order valence-corrected chi connectivity index (χ2v) is 6.49. The number of thioether (sulfide) groups is 1. The Balaban J connectivity index is 2.09. The Morgan fingerprint density at radius 3 is 2.67 bits per heavy atom. The first-order valence-corrected chi connectivity index (χ1v) is 8.07. The Morgan fingerprint density at radius 2 is 2.05 bits per heavy atom. The van der Waals surface area contributed by atoms with Gasteiger partial charge in [0.1, 0.15) is 0 Å². The van der Waals surface area contributed by atoms with Gasteiger partial charge in [-0.1, -0.05) is 22.0 Å². The van der Waals surface area contributed by atoms with Crippen LogP contribution in [-0.2, 0) is 5.75 Å². The van der Waals surface area contributed by atoms with E-state index in [0.717, 1.165) is 31.9 Å². The highest BCUT2D eigenvalue weighted by molar-refractivity contribution is 9.10. The lowest BCUT2D eigenvalue weighted by atomic mass is 10.1. The molecule has 6 heteroatoms. The van der Waals surface area contributed by atoms with Crippen molar-refractivity contribution in [3.8, 4) is 0 Å². The Kier molecular flexibility index (Phi) is 5.27. The molecule has 0 heterocycles. The molecule has 0 aliphatic heterocycles. The third-order valence-corrected chi connectivity index (χ3v) is 4.86. The highest BCUT2D eigenvalue weighted by Gasteiger charge is 2.08. The molecule has 0 fully saturated rings. The number of hydrogen-bond acceptors (Lipinski definition) is 4. The van der Waals surface area contributed by atoms with Gasteiger partial charge in [-0.3, -0.25) is 10.2 Å². The molecule has 21 heavy (non-hydrogen) atoms. The van der Waals surface area contributed by atoms with E-state index < -0.39 is 0 Å². The maximum absolute atomic E-state index is 11.5. The van der Waals surface area contributed by atoms with Gasteiger partial charge in [-0.15, -0.1) is 11.8 Å². The van der Waals surface area contributed by atoms with E-state index in [1.54, 1.807) is 23.9 Å². The highest BCUT2D eigenvalue weighted by atomic mass is 79.9. The fraction of sp³-hybridized carbons (Fsp3) is 0.133. The lowest BCUT2D eigenvalue weighted by Crippen LogP contribution is -2.29. The van der Waals surface area contributed by atoms with Gasteiger partial charge < -0.3 is 5.73 Å². The number of halogens is 1. The number of benzene rings is 2. The van der Waals surface area contributed by atoms with E-state index in [1.165, 1.54) is 0 Å². The van der Waals surface area contributed by atoms with Crippen molar-refractivity contribution in [3.05, 3.63) is 57.6 Å². The van der Waals surface area contributed by atoms with Crippen molar-refractivity contribution in [1.29, 1.82) is 0 Å². The smallest absolute Gasteiger partial charge is 0.265 e. The highest BCUT2D eigenvalue weighted by Crippen LogP contribution is 2.29. The number of nitrogens with two attached hydrogens (primary N) is 2. The zero-order valence-corrected chi connectivity index (χ0v) is 13.9. The Bertz CT molecular complexity index is 676. The largest absolute Gasteiger partial charge is 0.399 e. The summed E-state index contributed by atoms with van der Waals surface area (Å²) in [6, 6.07) is 11.5. The summed E-state index contributed by atoms with van der Waals surface area (Å²) in [4.78, 5) is 12.6. The molecule has 2 rings (SSSR count). The molecule has 0 saturated heterocycles. The number of carbonyl (C=O) groups excluding carboxylic acids is 1. The van der Waals surface area contributed by atoms with Gasteiger partial charge in [0.25, 0.3) is 5.91 Å². The minimum Gasteiger partial charge on any atom is -0.399 e. The maximum atomic E-state index is 11.5. The van der Waals surface area contributed by atoms with Crippen LogP contribution in [0, 0.1) is 6.92 Å². The number of hydrogen-bond donors (Lipinski definition) is 3. The summed E-state index contributed by atoms with van der Waals surface area (Å²) in [6.45, 7) is 2.00. The average Bonchev–Trinajstić information content (AvgIpc) is 2.48. The van der Waals surface area contributed by atoms with Crippen molar-refractivity contribution in [2.45, 2.75) is 17.6 Å². The molecule has 0 aliphatic carbocycles. The van der Waals surface area contributed by atoms with Gasteiger partial charge >= 0.3 is 0 Å². The van der Waals surface area contributed by atoms with Crippen LogP contribution in [0.25, 0.3) is 0 Å². The van der Waals surface area contributed by atoms with Crippen molar-refractivity contribution in [2.75, 3.05) is 5.73 Å². The summed E-state index contributed by atoms with van der Waals surface area (Å²) < 4.78 is 0.892. The first-order valence-electron chi connectivity index (χ1n) is 6.29. The van der Waals surface area contributed by atoms with Crippen LogP contribution < -0.4 is 17.0 Å². The fourth-order valence-electron chi connectivity index (χ4n) is 1.79. The summed E-state index contributed by atoms with van der Waals surface area (Å²) in [5.41, 5.74) is 11.5. The second kappa shape index (κ2) is 6.98. The van der Waals surface area contributed by atoms with Crippen LogP contribution in [0.4, 0.5) is 5.69 Å². The quantitative estimate of drug-likeness (QED) is 0.255. The van der Waals surface area contributed by atoms with Crippen LogP contribution in [0.3, 0.4) is 0 Å². The van der Waals surface area contributed by atoms with Crippen LogP contribution in [-0.4, -0.2) is 5.91 Å². The van der Waals surface area contributed by atoms with Gasteiger partial charge in [-0.05, 0) is 48.4 Å². The molecular weight excluding hydrogens is 350 g/mol. The summed E-state index contributed by atoms with van der Waals surface area (Å²) in [5, 5.41) is 0. The summed E-state index contributed by atoms with van der Waals surface area (Å²) in [6.07, 6.45) is 0. The van der Waals surface area contributed by atoms with Crippen LogP contribution in [0.1, 0.15) is 21.5 Å². The number of aryl methyl sites for hydroxylation is 1. The molecule has 5 N–H and O–H groups in total. The molecule has 0 aliphatic rings. The molecular formula is C15H16BrN3OS. The van der Waals surface area contributed by atoms with Crippen LogP contribution in [0.2, 0.25) is 0 Å². The standard InChI is InChI=1S/C15H16BrN3OS/c1-9-6-12(4-5-14(9)17)21-8-11-3-2-10(7-13(11)16)15(20)19-18/h2-7H,8,17-18H2,1H3,(H,19,20). The topological polar surface area (TPSA) is 81.1 Å². The number of nitrogen functional groups attached to an aromatic ring is 2. The third kappa shape index (κ3) is 4.00. The molecule has 110 valence electrons. The SMILES string of the molecule is Cc1cc(SCc2ccc(C(=O)NN)cc2Br)ccc1N. The van der Waals surface area contributed by atoms with Crippen molar-refractivity contribution < 1.29 is 4.79 Å². The zero-order chi connectivity index (χ0) is 15.4. The molecule has 2 aromatic carbocycles. The lowest BCUT2D eigenvalue weighted by Gasteiger charge is -2.08. The lowest BCUT2D eigenvalue weighted by molar-refractivity contribution is 0.0953. The van der Waals surface area contributed by atoms with Crippen molar-refractivity contribution >= 4 is 39.3 Å². The van der Waals surface area contributed by atoms with E-state index >= 15 is 0 Å². The number of amides is 1. The Labute approximate surface area is 136 Å². The number of nitrogens with one attached hydrogen (secondary N) is 1. The van der Waals surface area contributed by atoms with Crippen molar-refractivity contribution in [2.24, 2.45) is 5.84 Å². The number of carbonyl (C=O) groups is 1. The molecule has 0 saturated carbocycles. The van der Waals surface area contributed by atoms with E-state index in [2.05, 4.69) is 27.4 Å². The van der Waals surface area contributed by atoms with E-state index in [-0.39, 0.29) is 5.91 Å². The molecule has 1 amide bonds. The number of rotatable bonds is 4. The minimum absolute atomic E-state index is 0.302. The second-order valence-electron chi connectivity index (χ2n) is 4.59. The van der Waals surface area contributed by atoms with Gasteiger partial charge in [0.2, 0.25) is 0 Å². The van der Waals surface area contributed by atoms with Gasteiger partial charge in [-0.2, -0.15) is 0 Å². The molecule has 2 aromatic rings. The summed E-state index contributed by atoms with van der Waals surface area (Å²) in [7, 11) is 0. The van der Waals surface area contributed by atoms with Gasteiger partial charge in [0.05, 0.1) is 0 Å². The molecule has 0 aromatic heterocycles. The molecule has 4 nitrogen and oxygen atoms in total. The van der Waals surface area contributed by atoms with E-state index in [0.29, 0.717) is 5.56 Å². The predicted molar refractivity (Wildman–Crippen MR) is 90.9 cm³/mol. The number of hydrazine groups is 1. The van der Waals surface area contributed by atoms with Gasteiger partial charge in [0.15, 0.2) is 0 Å². The predicted octanol–water partition coefficient (Wildman–Crippen LogP) is 3.24. The van der Waals surface area contributed by atoms with Crippen molar-refractivity contribution in [3.63, 3.8) is 0 Å². The Morgan fingerprint density at radius 1 is 1.29 bits per heavy atom. The molecule has 0 spiro atoms. The molecule has 0 unspecified atom stereocenters. The van der Waals surface area contributed by atoms with Crippen molar-refractivity contribution in [1.82, 2.24) is 5.43 Å². The molecule has 0 radical (unpaired) electrons. The normalized spacial score (nSPS) is 10.4. The molecule has 0 atom stereocenters. The van der Waals surface area contributed by atoms with Gasteiger partial charge in [-0.25, -0.2) is 5.84 Å². The average molecular weight is 366 g/mol. The zero-order valence-electron chi connectivity index (χ0n) is 11.5. The number of anilines is 1. The van der Waals surface area contributed by atoms with Crippen LogP contribution in [0.15, 0.2) is 45.8 Å². The monoisotopic (exact) mass is 365 g/mol. The fourth-order valence-corrected chi connectivity index (χ4v) is 3.49. The first-order chi connectivity index (χ1) is 10.0. The van der Waals surface area contributed by atoms with Crippen LogP contribution >= 0.6 is 27.7 Å². The van der Waals surface area contributed by atoms with E-state index in [4.69, 9.17) is 11.6 Å². The Hall–Kier alpha value is -1.50. The maximum Gasteiger partial charge on any atom is 0.265 e. The molecule has 0 bridgehead atoms. The van der Waals surface area contributed by atoms with E-state index in [9.17, 15) is 4.79 Å². The first kappa shape index (κ1) is 15.9.